The number of halogens is 1. The first kappa shape index (κ1) is 24.9. The van der Waals surface area contributed by atoms with Gasteiger partial charge in [0.2, 0.25) is 15.9 Å². The summed E-state index contributed by atoms with van der Waals surface area (Å²) >= 11 is 6.30. The molecule has 0 amide bonds. The van der Waals surface area contributed by atoms with E-state index in [-0.39, 0.29) is 24.0 Å². The van der Waals surface area contributed by atoms with Crippen molar-refractivity contribution in [2.24, 2.45) is 0 Å². The number of sulfonamides is 1. The minimum absolute atomic E-state index is 0.0407. The highest BCUT2D eigenvalue weighted by molar-refractivity contribution is 7.89. The second-order valence-electron chi connectivity index (χ2n) is 7.99. The number of hydrogen-bond donors (Lipinski definition) is 1. The van der Waals surface area contributed by atoms with Crippen molar-refractivity contribution in [2.45, 2.75) is 31.6 Å². The summed E-state index contributed by atoms with van der Waals surface area (Å²) in [5.74, 6) is 1.27. The molecule has 0 unspecified atom stereocenters. The first-order valence-corrected chi connectivity index (χ1v) is 13.0. The van der Waals surface area contributed by atoms with E-state index in [0.29, 0.717) is 40.3 Å². The molecule has 0 spiro atoms. The van der Waals surface area contributed by atoms with E-state index in [0.717, 1.165) is 5.56 Å². The molecule has 184 valence electrons. The van der Waals surface area contributed by atoms with Crippen LogP contribution in [0, 0.1) is 0 Å². The van der Waals surface area contributed by atoms with Crippen molar-refractivity contribution in [1.29, 1.82) is 0 Å². The fourth-order valence-corrected chi connectivity index (χ4v) is 4.85. The van der Waals surface area contributed by atoms with Gasteiger partial charge in [-0.15, -0.1) is 15.3 Å². The minimum atomic E-state index is -3.81. The van der Waals surface area contributed by atoms with Crippen molar-refractivity contribution in [3.63, 3.8) is 0 Å². The Hall–Kier alpha value is -3.21. The van der Waals surface area contributed by atoms with E-state index in [2.05, 4.69) is 20.0 Å². The summed E-state index contributed by atoms with van der Waals surface area (Å²) in [5.41, 5.74) is 2.13. The molecule has 2 heterocycles. The Labute approximate surface area is 209 Å². The number of nitrogens with zero attached hydrogens (tertiary/aromatic N) is 4. The summed E-state index contributed by atoms with van der Waals surface area (Å²) in [5, 5.41) is 13.2. The summed E-state index contributed by atoms with van der Waals surface area (Å²) in [7, 11) is -3.81. The number of ether oxygens (including phenoxy) is 2. The first-order valence-electron chi connectivity index (χ1n) is 11.2. The highest BCUT2D eigenvalue weighted by Crippen LogP contribution is 2.28. The molecule has 4 rings (SSSR count). The van der Waals surface area contributed by atoms with Gasteiger partial charge in [-0.3, -0.25) is 0 Å². The largest absolute Gasteiger partial charge is 0.492 e. The summed E-state index contributed by atoms with van der Waals surface area (Å²) in [6, 6.07) is 15.8. The zero-order chi connectivity index (χ0) is 25.0. The van der Waals surface area contributed by atoms with Gasteiger partial charge in [-0.05, 0) is 48.7 Å². The third-order valence-electron chi connectivity index (χ3n) is 5.22. The van der Waals surface area contributed by atoms with Crippen LogP contribution in [0.15, 0.2) is 59.5 Å². The number of benzene rings is 2. The zero-order valence-corrected chi connectivity index (χ0v) is 21.2. The van der Waals surface area contributed by atoms with Gasteiger partial charge in [0.05, 0.1) is 11.6 Å². The molecule has 0 fully saturated rings. The summed E-state index contributed by atoms with van der Waals surface area (Å²) < 4.78 is 41.3. The smallest absolute Gasteiger partial charge is 0.244 e. The highest BCUT2D eigenvalue weighted by atomic mass is 35.5. The predicted molar refractivity (Wildman–Crippen MR) is 134 cm³/mol. The second kappa shape index (κ2) is 10.6. The van der Waals surface area contributed by atoms with Crippen molar-refractivity contribution in [2.75, 3.05) is 19.8 Å². The van der Waals surface area contributed by atoms with Gasteiger partial charge in [-0.25, -0.2) is 13.1 Å². The highest BCUT2D eigenvalue weighted by Gasteiger charge is 2.21. The standard InChI is InChI=1S/C24H26ClN5O4S/c1-4-33-20-10-9-17(16(2)3)15-21(20)35(31,32)26-13-14-34-23-12-11-22-27-28-24(30(22)29-23)18-7-5-6-8-19(18)25/h5-12,15-16,26H,4,13-14H2,1-3H3. The van der Waals surface area contributed by atoms with Crippen LogP contribution in [0.25, 0.3) is 17.0 Å². The van der Waals surface area contributed by atoms with Crippen LogP contribution in [0.3, 0.4) is 0 Å². The fraction of sp³-hybridized carbons (Fsp3) is 0.292. The van der Waals surface area contributed by atoms with E-state index in [4.69, 9.17) is 21.1 Å². The van der Waals surface area contributed by atoms with E-state index < -0.39 is 10.0 Å². The topological polar surface area (TPSA) is 108 Å². The van der Waals surface area contributed by atoms with Crippen LogP contribution in [0.2, 0.25) is 5.02 Å². The van der Waals surface area contributed by atoms with Gasteiger partial charge in [0.15, 0.2) is 11.5 Å². The number of nitrogens with one attached hydrogen (secondary N) is 1. The molecule has 35 heavy (non-hydrogen) atoms. The van der Waals surface area contributed by atoms with E-state index in [1.165, 1.54) is 4.52 Å². The number of fused-ring (bicyclic) bond motifs is 1. The predicted octanol–water partition coefficient (Wildman–Crippen LogP) is 4.32. The maximum Gasteiger partial charge on any atom is 0.244 e. The molecule has 2 aromatic heterocycles. The third-order valence-corrected chi connectivity index (χ3v) is 7.03. The van der Waals surface area contributed by atoms with Crippen LogP contribution >= 0.6 is 11.6 Å². The number of rotatable bonds is 10. The Kier molecular flexibility index (Phi) is 7.54. The van der Waals surface area contributed by atoms with Crippen molar-refractivity contribution >= 4 is 27.3 Å². The van der Waals surface area contributed by atoms with Crippen molar-refractivity contribution < 1.29 is 17.9 Å². The van der Waals surface area contributed by atoms with Gasteiger partial charge < -0.3 is 9.47 Å². The Balaban J connectivity index is 1.46. The molecular formula is C24H26ClN5O4S. The molecule has 0 atom stereocenters. The van der Waals surface area contributed by atoms with Gasteiger partial charge >= 0.3 is 0 Å². The van der Waals surface area contributed by atoms with Gasteiger partial charge in [0.1, 0.15) is 17.3 Å². The Morgan fingerprint density at radius 2 is 1.86 bits per heavy atom. The molecular weight excluding hydrogens is 490 g/mol. The van der Waals surface area contributed by atoms with Crippen LogP contribution in [-0.2, 0) is 10.0 Å². The molecule has 0 aliphatic rings. The first-order chi connectivity index (χ1) is 16.8. The summed E-state index contributed by atoms with van der Waals surface area (Å²) in [6.07, 6.45) is 0. The van der Waals surface area contributed by atoms with Crippen LogP contribution in [0.5, 0.6) is 11.6 Å². The molecule has 0 radical (unpaired) electrons. The van der Waals surface area contributed by atoms with Crippen molar-refractivity contribution in [1.82, 2.24) is 24.5 Å². The lowest BCUT2D eigenvalue weighted by atomic mass is 10.0. The lowest BCUT2D eigenvalue weighted by Crippen LogP contribution is -2.29. The van der Waals surface area contributed by atoms with E-state index in [1.54, 1.807) is 30.3 Å². The Morgan fingerprint density at radius 3 is 2.60 bits per heavy atom. The Morgan fingerprint density at radius 1 is 1.06 bits per heavy atom. The molecule has 0 saturated heterocycles. The quantitative estimate of drug-likeness (QED) is 0.313. The van der Waals surface area contributed by atoms with Crippen LogP contribution in [-0.4, -0.2) is 48.0 Å². The van der Waals surface area contributed by atoms with Crippen molar-refractivity contribution in [3.8, 4) is 23.0 Å². The second-order valence-corrected chi connectivity index (χ2v) is 10.1. The lowest BCUT2D eigenvalue weighted by molar-refractivity contribution is 0.305. The molecule has 11 heteroatoms. The van der Waals surface area contributed by atoms with Crippen LogP contribution in [0.1, 0.15) is 32.3 Å². The Bertz CT molecular complexity index is 1440. The van der Waals surface area contributed by atoms with Crippen LogP contribution < -0.4 is 14.2 Å². The zero-order valence-electron chi connectivity index (χ0n) is 19.6. The molecule has 0 saturated carbocycles. The van der Waals surface area contributed by atoms with Gasteiger partial charge in [-0.1, -0.05) is 43.6 Å². The third kappa shape index (κ3) is 5.55. The van der Waals surface area contributed by atoms with E-state index >= 15 is 0 Å². The van der Waals surface area contributed by atoms with Gasteiger partial charge in [0, 0.05) is 18.2 Å². The average Bonchev–Trinajstić information content (AvgIpc) is 3.25. The molecule has 1 N–H and O–H groups in total. The maximum absolute atomic E-state index is 13.0. The number of aromatic nitrogens is 4. The average molecular weight is 516 g/mol. The van der Waals surface area contributed by atoms with E-state index in [9.17, 15) is 8.42 Å². The maximum atomic E-state index is 13.0. The molecule has 0 aliphatic carbocycles. The summed E-state index contributed by atoms with van der Waals surface area (Å²) in [4.78, 5) is 0.110. The molecule has 9 nitrogen and oxygen atoms in total. The van der Waals surface area contributed by atoms with Crippen molar-refractivity contribution in [3.05, 3.63) is 65.2 Å². The number of hydrogen-bond acceptors (Lipinski definition) is 7. The van der Waals surface area contributed by atoms with Gasteiger partial charge in [0.25, 0.3) is 0 Å². The lowest BCUT2D eigenvalue weighted by Gasteiger charge is -2.15. The van der Waals surface area contributed by atoms with Crippen LogP contribution in [0.4, 0.5) is 0 Å². The van der Waals surface area contributed by atoms with E-state index in [1.807, 2.05) is 45.0 Å². The molecule has 2 aromatic carbocycles. The fourth-order valence-electron chi connectivity index (χ4n) is 3.44. The minimum Gasteiger partial charge on any atom is -0.492 e. The molecule has 0 aliphatic heterocycles. The summed E-state index contributed by atoms with van der Waals surface area (Å²) in [6.45, 7) is 6.29. The van der Waals surface area contributed by atoms with Gasteiger partial charge in [-0.2, -0.15) is 4.52 Å². The normalized spacial score (nSPS) is 11.8. The monoisotopic (exact) mass is 515 g/mol. The molecule has 4 aromatic rings. The molecule has 0 bridgehead atoms. The SMILES string of the molecule is CCOc1ccc(C(C)C)cc1S(=O)(=O)NCCOc1ccc2nnc(-c3ccccc3Cl)n2n1.